The van der Waals surface area contributed by atoms with Gasteiger partial charge < -0.3 is 15.8 Å². The molecule has 0 fully saturated rings. The van der Waals surface area contributed by atoms with Crippen LogP contribution in [-0.2, 0) is 11.2 Å². The van der Waals surface area contributed by atoms with Crippen LogP contribution in [0.25, 0.3) is 0 Å². The van der Waals surface area contributed by atoms with Gasteiger partial charge in [0.1, 0.15) is 11.5 Å². The quantitative estimate of drug-likeness (QED) is 0.819. The van der Waals surface area contributed by atoms with Crippen LogP contribution in [0.1, 0.15) is 25.3 Å². The molecule has 2 rings (SSSR count). The van der Waals surface area contributed by atoms with Crippen molar-refractivity contribution < 1.29 is 9.53 Å². The normalized spacial score (nSPS) is 10.3. The summed E-state index contributed by atoms with van der Waals surface area (Å²) in [4.78, 5) is 11.2. The van der Waals surface area contributed by atoms with E-state index in [0.29, 0.717) is 5.69 Å². The van der Waals surface area contributed by atoms with Crippen molar-refractivity contribution in [2.24, 2.45) is 5.73 Å². The lowest BCUT2D eigenvalue weighted by molar-refractivity contribution is -0.114. The monoisotopic (exact) mass is 298 g/mol. The minimum Gasteiger partial charge on any atom is -0.457 e. The number of aryl methyl sites for hydroxylation is 1. The molecule has 116 valence electrons. The van der Waals surface area contributed by atoms with Crippen molar-refractivity contribution in [1.29, 1.82) is 0 Å². The van der Waals surface area contributed by atoms with Crippen molar-refractivity contribution in [3.63, 3.8) is 0 Å². The van der Waals surface area contributed by atoms with Gasteiger partial charge in [-0.1, -0.05) is 25.5 Å². The van der Waals surface area contributed by atoms with Crippen molar-refractivity contribution >= 4 is 11.6 Å². The molecule has 0 saturated carbocycles. The summed E-state index contributed by atoms with van der Waals surface area (Å²) in [6.07, 6.45) is 3.51. The lowest BCUT2D eigenvalue weighted by Gasteiger charge is -2.08. The van der Waals surface area contributed by atoms with Crippen LogP contribution >= 0.6 is 0 Å². The molecule has 0 unspecified atom stereocenters. The van der Waals surface area contributed by atoms with Crippen LogP contribution in [0.3, 0.4) is 0 Å². The topological polar surface area (TPSA) is 64.3 Å². The molecule has 2 aromatic rings. The van der Waals surface area contributed by atoms with E-state index in [1.165, 1.54) is 18.4 Å². The molecule has 0 radical (unpaired) electrons. The maximum absolute atomic E-state index is 11.2. The van der Waals surface area contributed by atoms with Gasteiger partial charge in [0.05, 0.1) is 6.54 Å². The van der Waals surface area contributed by atoms with Gasteiger partial charge in [-0.15, -0.1) is 0 Å². The predicted octanol–water partition coefficient (Wildman–Crippen LogP) is 3.72. The number of unbranched alkanes of at least 4 members (excludes halogenated alkanes) is 1. The Morgan fingerprint density at radius 3 is 2.18 bits per heavy atom. The van der Waals surface area contributed by atoms with Crippen LogP contribution in [0, 0.1) is 0 Å². The second kappa shape index (κ2) is 8.20. The van der Waals surface area contributed by atoms with Crippen molar-refractivity contribution in [2.75, 3.05) is 11.9 Å². The van der Waals surface area contributed by atoms with E-state index in [9.17, 15) is 4.79 Å². The first-order valence-corrected chi connectivity index (χ1v) is 7.58. The molecule has 3 N–H and O–H groups in total. The van der Waals surface area contributed by atoms with E-state index in [0.717, 1.165) is 17.9 Å². The van der Waals surface area contributed by atoms with E-state index in [1.807, 2.05) is 24.3 Å². The summed E-state index contributed by atoms with van der Waals surface area (Å²) < 4.78 is 5.79. The SMILES string of the molecule is CCCCc1ccc(Oc2ccc(NC(=O)CN)cc2)cc1. The largest absolute Gasteiger partial charge is 0.457 e. The first kappa shape index (κ1) is 16.0. The highest BCUT2D eigenvalue weighted by Gasteiger charge is 2.01. The Hall–Kier alpha value is -2.33. The van der Waals surface area contributed by atoms with E-state index in [4.69, 9.17) is 10.5 Å². The molecular formula is C18H22N2O2. The second-order valence-corrected chi connectivity index (χ2v) is 5.13. The highest BCUT2D eigenvalue weighted by molar-refractivity contribution is 5.92. The van der Waals surface area contributed by atoms with Gasteiger partial charge in [-0.2, -0.15) is 0 Å². The molecule has 4 nitrogen and oxygen atoms in total. The highest BCUT2D eigenvalue weighted by Crippen LogP contribution is 2.23. The molecule has 0 aliphatic heterocycles. The van der Waals surface area contributed by atoms with Crippen molar-refractivity contribution in [2.45, 2.75) is 26.2 Å². The number of nitrogens with one attached hydrogen (secondary N) is 1. The van der Waals surface area contributed by atoms with Crippen LogP contribution in [0.4, 0.5) is 5.69 Å². The van der Waals surface area contributed by atoms with Gasteiger partial charge in [-0.3, -0.25) is 4.79 Å². The number of nitrogens with two attached hydrogens (primary N) is 1. The number of carbonyl (C=O) groups excluding carboxylic acids is 1. The van der Waals surface area contributed by atoms with E-state index in [2.05, 4.69) is 24.4 Å². The Morgan fingerprint density at radius 2 is 1.64 bits per heavy atom. The van der Waals surface area contributed by atoms with Crippen LogP contribution in [0.5, 0.6) is 11.5 Å². The molecule has 0 aromatic heterocycles. The third-order valence-corrected chi connectivity index (χ3v) is 3.30. The number of hydrogen-bond acceptors (Lipinski definition) is 3. The van der Waals surface area contributed by atoms with Gasteiger partial charge in [0.2, 0.25) is 5.91 Å². The Morgan fingerprint density at radius 1 is 1.05 bits per heavy atom. The number of hydrogen-bond donors (Lipinski definition) is 2. The molecule has 4 heteroatoms. The Kier molecular flexibility index (Phi) is 5.98. The molecule has 2 aromatic carbocycles. The Bertz CT molecular complexity index is 591. The number of rotatable bonds is 7. The smallest absolute Gasteiger partial charge is 0.238 e. The number of carbonyl (C=O) groups is 1. The van der Waals surface area contributed by atoms with E-state index in [-0.39, 0.29) is 12.5 Å². The second-order valence-electron chi connectivity index (χ2n) is 5.13. The summed E-state index contributed by atoms with van der Waals surface area (Å²) >= 11 is 0. The molecule has 22 heavy (non-hydrogen) atoms. The third kappa shape index (κ3) is 4.90. The molecule has 0 atom stereocenters. The zero-order valence-electron chi connectivity index (χ0n) is 12.8. The standard InChI is InChI=1S/C18H22N2O2/c1-2-3-4-14-5-9-16(10-6-14)22-17-11-7-15(8-12-17)20-18(21)13-19/h5-12H,2-4,13,19H2,1H3,(H,20,21). The molecular weight excluding hydrogens is 276 g/mol. The minimum absolute atomic E-state index is 0.0252. The van der Waals surface area contributed by atoms with Gasteiger partial charge in [-0.25, -0.2) is 0 Å². The lowest BCUT2D eigenvalue weighted by atomic mass is 10.1. The van der Waals surface area contributed by atoms with Gasteiger partial charge in [0.15, 0.2) is 0 Å². The fourth-order valence-electron chi connectivity index (χ4n) is 2.06. The van der Waals surface area contributed by atoms with E-state index in [1.54, 1.807) is 12.1 Å². The summed E-state index contributed by atoms with van der Waals surface area (Å²) in [5, 5.41) is 2.69. The lowest BCUT2D eigenvalue weighted by Crippen LogP contribution is -2.21. The summed E-state index contributed by atoms with van der Waals surface area (Å²) in [5.74, 6) is 1.32. The number of amides is 1. The Balaban J connectivity index is 1.94. The van der Waals surface area contributed by atoms with Gasteiger partial charge in [0, 0.05) is 5.69 Å². The van der Waals surface area contributed by atoms with E-state index >= 15 is 0 Å². The van der Waals surface area contributed by atoms with E-state index < -0.39 is 0 Å². The van der Waals surface area contributed by atoms with Crippen molar-refractivity contribution in [3.8, 4) is 11.5 Å². The summed E-state index contributed by atoms with van der Waals surface area (Å²) in [7, 11) is 0. The molecule has 0 spiro atoms. The van der Waals surface area contributed by atoms with Crippen LogP contribution in [0.2, 0.25) is 0 Å². The van der Waals surface area contributed by atoms with Gasteiger partial charge in [0.25, 0.3) is 0 Å². The molecule has 0 aliphatic carbocycles. The number of benzene rings is 2. The molecule has 0 bridgehead atoms. The average molecular weight is 298 g/mol. The van der Waals surface area contributed by atoms with Crippen LogP contribution in [0.15, 0.2) is 48.5 Å². The summed E-state index contributed by atoms with van der Waals surface area (Å²) in [6.45, 7) is 2.17. The third-order valence-electron chi connectivity index (χ3n) is 3.30. The van der Waals surface area contributed by atoms with Crippen molar-refractivity contribution in [3.05, 3.63) is 54.1 Å². The van der Waals surface area contributed by atoms with Crippen LogP contribution < -0.4 is 15.8 Å². The van der Waals surface area contributed by atoms with Gasteiger partial charge in [-0.05, 0) is 54.8 Å². The molecule has 0 saturated heterocycles. The fourth-order valence-corrected chi connectivity index (χ4v) is 2.06. The van der Waals surface area contributed by atoms with Crippen molar-refractivity contribution in [1.82, 2.24) is 0 Å². The first-order valence-electron chi connectivity index (χ1n) is 7.58. The zero-order chi connectivity index (χ0) is 15.8. The summed E-state index contributed by atoms with van der Waals surface area (Å²) in [5.41, 5.74) is 7.29. The maximum atomic E-state index is 11.2. The summed E-state index contributed by atoms with van der Waals surface area (Å²) in [6, 6.07) is 15.4. The molecule has 1 amide bonds. The molecule has 0 heterocycles. The minimum atomic E-state index is -0.212. The number of anilines is 1. The predicted molar refractivity (Wildman–Crippen MR) is 89.3 cm³/mol. The number of ether oxygens (including phenoxy) is 1. The first-order chi connectivity index (χ1) is 10.7. The zero-order valence-corrected chi connectivity index (χ0v) is 12.8. The maximum Gasteiger partial charge on any atom is 0.238 e. The van der Waals surface area contributed by atoms with Crippen LogP contribution in [-0.4, -0.2) is 12.5 Å². The molecule has 0 aliphatic rings. The highest BCUT2D eigenvalue weighted by atomic mass is 16.5. The Labute approximate surface area is 131 Å². The fraction of sp³-hybridized carbons (Fsp3) is 0.278. The van der Waals surface area contributed by atoms with Gasteiger partial charge >= 0.3 is 0 Å². The average Bonchev–Trinajstić information content (AvgIpc) is 2.56.